The van der Waals surface area contributed by atoms with Crippen LogP contribution in [-0.2, 0) is 0 Å². The number of aryl methyl sites for hydroxylation is 1. The van der Waals surface area contributed by atoms with Crippen LogP contribution in [0.3, 0.4) is 0 Å². The van der Waals surface area contributed by atoms with Crippen LogP contribution in [0.2, 0.25) is 18.1 Å². The second kappa shape index (κ2) is 5.97. The first-order chi connectivity index (χ1) is 11.2. The fraction of sp³-hybridized carbons (Fsp3) is 0.368. The normalized spacial score (nSPS) is 12.6. The lowest BCUT2D eigenvalue weighted by atomic mass is 10.2. The van der Waals surface area contributed by atoms with Gasteiger partial charge in [0.2, 0.25) is 8.32 Å². The highest BCUT2D eigenvalue weighted by Gasteiger charge is 2.39. The summed E-state index contributed by atoms with van der Waals surface area (Å²) in [6.45, 7) is 13.3. The summed E-state index contributed by atoms with van der Waals surface area (Å²) in [4.78, 5) is 9.10. The van der Waals surface area contributed by atoms with Crippen molar-refractivity contribution in [1.29, 1.82) is 0 Å². The Hall–Kier alpha value is -1.72. The van der Waals surface area contributed by atoms with Gasteiger partial charge < -0.3 is 4.43 Å². The molecule has 3 rings (SSSR count). The van der Waals surface area contributed by atoms with Gasteiger partial charge in [0.1, 0.15) is 10.8 Å². The Labute approximate surface area is 148 Å². The third-order valence-electron chi connectivity index (χ3n) is 4.70. The summed E-state index contributed by atoms with van der Waals surface area (Å²) in [5.74, 6) is 0.950. The average molecular weight is 357 g/mol. The van der Waals surface area contributed by atoms with Crippen LogP contribution in [0, 0.1) is 6.92 Å². The van der Waals surface area contributed by atoms with E-state index in [1.54, 1.807) is 11.3 Å². The Morgan fingerprint density at radius 2 is 1.83 bits per heavy atom. The van der Waals surface area contributed by atoms with Crippen molar-refractivity contribution in [2.24, 2.45) is 0 Å². The van der Waals surface area contributed by atoms with Crippen LogP contribution in [0.15, 0.2) is 36.5 Å². The zero-order valence-corrected chi connectivity index (χ0v) is 17.0. The van der Waals surface area contributed by atoms with E-state index in [9.17, 15) is 0 Å². The zero-order valence-electron chi connectivity index (χ0n) is 15.2. The van der Waals surface area contributed by atoms with Gasteiger partial charge in [0.05, 0.1) is 10.2 Å². The van der Waals surface area contributed by atoms with Crippen molar-refractivity contribution in [3.8, 4) is 16.3 Å². The Morgan fingerprint density at radius 1 is 1.08 bits per heavy atom. The molecule has 0 radical (unpaired) electrons. The van der Waals surface area contributed by atoms with E-state index in [-0.39, 0.29) is 5.04 Å². The molecule has 3 nitrogen and oxygen atoms in total. The number of aromatic nitrogens is 2. The molecular formula is C19H24N2OSSi. The maximum atomic E-state index is 6.41. The van der Waals surface area contributed by atoms with Crippen molar-refractivity contribution >= 4 is 29.9 Å². The molecular weight excluding hydrogens is 332 g/mol. The first-order valence-electron chi connectivity index (χ1n) is 8.18. The molecule has 24 heavy (non-hydrogen) atoms. The average Bonchev–Trinajstić information content (AvgIpc) is 2.89. The van der Waals surface area contributed by atoms with Gasteiger partial charge in [-0.25, -0.2) is 4.98 Å². The van der Waals surface area contributed by atoms with E-state index in [1.165, 1.54) is 0 Å². The van der Waals surface area contributed by atoms with Crippen LogP contribution in [0.5, 0.6) is 5.75 Å². The van der Waals surface area contributed by atoms with Gasteiger partial charge in [-0.15, -0.1) is 11.3 Å². The van der Waals surface area contributed by atoms with Gasteiger partial charge in [0.25, 0.3) is 0 Å². The largest absolute Gasteiger partial charge is 0.543 e. The summed E-state index contributed by atoms with van der Waals surface area (Å²) in [5, 5.41) is 1.19. The monoisotopic (exact) mass is 356 g/mol. The minimum atomic E-state index is -1.82. The molecule has 0 amide bonds. The molecule has 0 bridgehead atoms. The molecule has 0 unspecified atom stereocenters. The molecule has 126 valence electrons. The molecule has 5 heteroatoms. The van der Waals surface area contributed by atoms with Crippen LogP contribution in [0.1, 0.15) is 26.5 Å². The second-order valence-corrected chi connectivity index (χ2v) is 13.5. The highest BCUT2D eigenvalue weighted by molar-refractivity contribution is 7.21. The third kappa shape index (κ3) is 3.37. The summed E-state index contributed by atoms with van der Waals surface area (Å²) < 4.78 is 7.56. The maximum absolute atomic E-state index is 6.41. The predicted octanol–water partition coefficient (Wildman–Crippen LogP) is 6.05. The van der Waals surface area contributed by atoms with Crippen molar-refractivity contribution < 1.29 is 4.43 Å². The van der Waals surface area contributed by atoms with Gasteiger partial charge >= 0.3 is 0 Å². The highest BCUT2D eigenvalue weighted by Crippen LogP contribution is 2.39. The van der Waals surface area contributed by atoms with Crippen molar-refractivity contribution in [3.63, 3.8) is 0 Å². The minimum absolute atomic E-state index is 0.189. The number of fused-ring (bicyclic) bond motifs is 1. The van der Waals surface area contributed by atoms with E-state index < -0.39 is 8.32 Å². The molecule has 2 aromatic heterocycles. The van der Waals surface area contributed by atoms with Gasteiger partial charge in [0, 0.05) is 17.5 Å². The van der Waals surface area contributed by atoms with Crippen LogP contribution in [0.25, 0.3) is 20.8 Å². The van der Waals surface area contributed by atoms with Gasteiger partial charge in [-0.1, -0.05) is 20.8 Å². The molecule has 0 saturated carbocycles. The van der Waals surface area contributed by atoms with Gasteiger partial charge in [-0.3, -0.25) is 4.98 Å². The summed E-state index contributed by atoms with van der Waals surface area (Å²) >= 11 is 1.69. The van der Waals surface area contributed by atoms with Gasteiger partial charge in [-0.05, 0) is 55.4 Å². The molecule has 3 aromatic rings. The lowest BCUT2D eigenvalue weighted by molar-refractivity contribution is 0.493. The lowest BCUT2D eigenvalue weighted by Gasteiger charge is -2.36. The molecule has 0 fully saturated rings. The molecule has 0 aliphatic rings. The second-order valence-electron chi connectivity index (χ2n) is 7.70. The quantitative estimate of drug-likeness (QED) is 0.536. The standard InChI is InChI=1S/C19H24N2OSSi/c1-13-7-8-14(12-20-13)18-21-16-10-9-15(11-17(16)23-18)22-24(5,6)19(2,3)4/h7-12H,1-6H3. The van der Waals surface area contributed by atoms with Crippen LogP contribution >= 0.6 is 11.3 Å². The highest BCUT2D eigenvalue weighted by atomic mass is 32.1. The molecule has 0 spiro atoms. The Bertz CT molecular complexity index is 863. The molecule has 0 N–H and O–H groups in total. The van der Waals surface area contributed by atoms with Crippen molar-refractivity contribution in [1.82, 2.24) is 9.97 Å². The first-order valence-corrected chi connectivity index (χ1v) is 11.9. The predicted molar refractivity (Wildman–Crippen MR) is 105 cm³/mol. The van der Waals surface area contributed by atoms with E-state index in [0.29, 0.717) is 0 Å². The fourth-order valence-electron chi connectivity index (χ4n) is 2.13. The van der Waals surface area contributed by atoms with E-state index in [0.717, 1.165) is 32.2 Å². The molecule has 0 aliphatic carbocycles. The molecule has 0 saturated heterocycles. The Balaban J connectivity index is 1.93. The van der Waals surface area contributed by atoms with Gasteiger partial charge in [0.15, 0.2) is 0 Å². The first kappa shape index (κ1) is 17.1. The zero-order chi connectivity index (χ0) is 17.5. The minimum Gasteiger partial charge on any atom is -0.543 e. The van der Waals surface area contributed by atoms with E-state index in [1.807, 2.05) is 25.3 Å². The maximum Gasteiger partial charge on any atom is 0.250 e. The molecule has 2 heterocycles. The third-order valence-corrected chi connectivity index (χ3v) is 10.1. The molecule has 0 aliphatic heterocycles. The van der Waals surface area contributed by atoms with Crippen molar-refractivity contribution in [2.45, 2.75) is 45.8 Å². The van der Waals surface area contributed by atoms with Gasteiger partial charge in [-0.2, -0.15) is 0 Å². The number of benzene rings is 1. The van der Waals surface area contributed by atoms with Crippen LogP contribution in [-0.4, -0.2) is 18.3 Å². The Kier molecular flexibility index (Phi) is 4.26. The number of thiazole rings is 1. The number of nitrogens with zero attached hydrogens (tertiary/aromatic N) is 2. The summed E-state index contributed by atoms with van der Waals surface area (Å²) in [5.41, 5.74) is 3.09. The lowest BCUT2D eigenvalue weighted by Crippen LogP contribution is -2.43. The number of pyridine rings is 1. The summed E-state index contributed by atoms with van der Waals surface area (Å²) in [6.07, 6.45) is 1.89. The van der Waals surface area contributed by atoms with Crippen molar-refractivity contribution in [2.75, 3.05) is 0 Å². The van der Waals surface area contributed by atoms with E-state index in [2.05, 4.69) is 57.0 Å². The summed E-state index contributed by atoms with van der Waals surface area (Å²) in [7, 11) is -1.82. The van der Waals surface area contributed by atoms with Crippen LogP contribution < -0.4 is 4.43 Å². The number of hydrogen-bond donors (Lipinski definition) is 0. The van der Waals surface area contributed by atoms with E-state index in [4.69, 9.17) is 9.41 Å². The van der Waals surface area contributed by atoms with E-state index >= 15 is 0 Å². The summed E-state index contributed by atoms with van der Waals surface area (Å²) in [6, 6.07) is 10.3. The number of rotatable bonds is 3. The smallest absolute Gasteiger partial charge is 0.250 e. The Morgan fingerprint density at radius 3 is 2.46 bits per heavy atom. The molecule has 1 aromatic carbocycles. The SMILES string of the molecule is Cc1ccc(-c2nc3ccc(O[Si](C)(C)C(C)(C)C)cc3s2)cn1. The van der Waals surface area contributed by atoms with Crippen molar-refractivity contribution in [3.05, 3.63) is 42.2 Å². The topological polar surface area (TPSA) is 35.0 Å². The number of hydrogen-bond acceptors (Lipinski definition) is 4. The van der Waals surface area contributed by atoms with Crippen LogP contribution in [0.4, 0.5) is 0 Å². The fourth-order valence-corrected chi connectivity index (χ4v) is 4.14. The molecule has 0 atom stereocenters.